The number of carbonyl (C=O) groups excluding carboxylic acids is 6. The zero-order valence-corrected chi connectivity index (χ0v) is 26.9. The van der Waals surface area contributed by atoms with Gasteiger partial charge in [-0.05, 0) is 0 Å². The minimum atomic E-state index is -5.48. The Balaban J connectivity index is 6.49. The fourth-order valence-corrected chi connectivity index (χ4v) is 16.0. The van der Waals surface area contributed by atoms with Gasteiger partial charge in [-0.1, -0.05) is 0 Å². The molecule has 2 atom stereocenters. The van der Waals surface area contributed by atoms with Crippen molar-refractivity contribution in [1.29, 1.82) is 0 Å². The van der Waals surface area contributed by atoms with Crippen molar-refractivity contribution in [2.24, 2.45) is 0 Å². The summed E-state index contributed by atoms with van der Waals surface area (Å²) in [5, 5.41) is 0. The molecule has 2 unspecified atom stereocenters. The van der Waals surface area contributed by atoms with Crippen molar-refractivity contribution >= 4 is 75.1 Å². The van der Waals surface area contributed by atoms with Crippen LogP contribution in [0.5, 0.6) is 0 Å². The van der Waals surface area contributed by atoms with Crippen LogP contribution < -0.4 is 0 Å². The zero-order valence-electron chi connectivity index (χ0n) is 21.2. The summed E-state index contributed by atoms with van der Waals surface area (Å²) in [6.07, 6.45) is 4.74. The van der Waals surface area contributed by atoms with Crippen LogP contribution in [0, 0.1) is 0 Å². The molecule has 0 amide bonds. The molecular weight excluding hydrogens is 718 g/mol. The van der Waals surface area contributed by atoms with Crippen molar-refractivity contribution in [3.05, 3.63) is 75.9 Å². The first-order chi connectivity index (χ1) is 17.8. The molecule has 0 aliphatic carbocycles. The summed E-state index contributed by atoms with van der Waals surface area (Å²) in [7, 11) is 0. The first-order valence-electron chi connectivity index (χ1n) is 10.9. The van der Waals surface area contributed by atoms with Gasteiger partial charge < -0.3 is 0 Å². The van der Waals surface area contributed by atoms with E-state index in [1.807, 2.05) is 0 Å². The Morgan fingerprint density at radius 1 is 0.474 bits per heavy atom. The predicted octanol–water partition coefficient (Wildman–Crippen LogP) is 2.80. The Morgan fingerprint density at radius 3 is 0.763 bits per heavy atom. The molecule has 0 radical (unpaired) electrons. The Labute approximate surface area is 231 Å². The monoisotopic (exact) mass is 750 g/mol. The van der Waals surface area contributed by atoms with Gasteiger partial charge >= 0.3 is 233 Å². The first-order valence-corrected chi connectivity index (χ1v) is 21.2. The third-order valence-electron chi connectivity index (χ3n) is 4.70. The molecule has 0 aliphatic heterocycles. The fraction of sp³-hybridized carbons (Fsp3) is 0.250. The van der Waals surface area contributed by atoms with Crippen LogP contribution in [-0.4, -0.2) is 75.1 Å². The predicted molar refractivity (Wildman–Crippen MR) is 137 cm³/mol. The Hall–Kier alpha value is -3.14. The van der Waals surface area contributed by atoms with Crippen LogP contribution in [0.25, 0.3) is 0 Å². The Bertz CT molecular complexity index is 826. The maximum atomic E-state index is 12.1. The van der Waals surface area contributed by atoms with Gasteiger partial charge in [0.05, 0.1) is 0 Å². The molecule has 206 valence electrons. The van der Waals surface area contributed by atoms with E-state index in [-0.39, 0.29) is 12.8 Å². The molecule has 0 N–H and O–H groups in total. The summed E-state index contributed by atoms with van der Waals surface area (Å²) >= 11 is -11.0. The van der Waals surface area contributed by atoms with Crippen LogP contribution in [0.15, 0.2) is 75.9 Å². The number of hydrogen-bond acceptors (Lipinski definition) is 12. The van der Waals surface area contributed by atoms with Gasteiger partial charge in [0.15, 0.2) is 0 Å². The van der Waals surface area contributed by atoms with Gasteiger partial charge in [0, 0.05) is 0 Å². The van der Waals surface area contributed by atoms with Crippen molar-refractivity contribution in [1.82, 2.24) is 0 Å². The molecule has 0 rings (SSSR count). The molecular formula is C24H30O12Sn2. The molecule has 0 aromatic heterocycles. The molecule has 0 aromatic carbocycles. The van der Waals surface area contributed by atoms with Crippen molar-refractivity contribution in [3.8, 4) is 0 Å². The van der Waals surface area contributed by atoms with Crippen LogP contribution in [0.4, 0.5) is 0 Å². The second-order valence-corrected chi connectivity index (χ2v) is 23.3. The second-order valence-electron chi connectivity index (χ2n) is 7.34. The molecule has 38 heavy (non-hydrogen) atoms. The van der Waals surface area contributed by atoms with E-state index in [4.69, 9.17) is 18.4 Å². The van der Waals surface area contributed by atoms with Gasteiger partial charge in [0.25, 0.3) is 0 Å². The average molecular weight is 748 g/mol. The van der Waals surface area contributed by atoms with Crippen LogP contribution >= 0.6 is 0 Å². The van der Waals surface area contributed by atoms with Crippen molar-refractivity contribution in [2.75, 3.05) is 0 Å². The summed E-state index contributed by atoms with van der Waals surface area (Å²) in [5.41, 5.74) is 0. The third kappa shape index (κ3) is 10.7. The first kappa shape index (κ1) is 34.9. The van der Waals surface area contributed by atoms with Crippen LogP contribution in [0.1, 0.15) is 26.7 Å². The zero-order chi connectivity index (χ0) is 29.5. The van der Waals surface area contributed by atoms with Crippen LogP contribution in [0.3, 0.4) is 0 Å². The minimum absolute atomic E-state index is 0.0158. The summed E-state index contributed by atoms with van der Waals surface area (Å²) in [6, 6.07) is 0. The van der Waals surface area contributed by atoms with Crippen LogP contribution in [-0.2, 0) is 47.2 Å². The molecule has 12 nitrogen and oxygen atoms in total. The number of hydrogen-bond donors (Lipinski definition) is 0. The van der Waals surface area contributed by atoms with Crippen molar-refractivity contribution in [3.63, 3.8) is 0 Å². The van der Waals surface area contributed by atoms with E-state index < -0.39 is 82.9 Å². The van der Waals surface area contributed by atoms with Gasteiger partial charge in [-0.2, -0.15) is 0 Å². The molecule has 0 bridgehead atoms. The topological polar surface area (TPSA) is 158 Å². The summed E-state index contributed by atoms with van der Waals surface area (Å²) < 4.78 is 30.3. The van der Waals surface area contributed by atoms with E-state index in [9.17, 15) is 28.8 Å². The van der Waals surface area contributed by atoms with E-state index >= 15 is 0 Å². The van der Waals surface area contributed by atoms with E-state index in [1.165, 1.54) is 13.8 Å². The van der Waals surface area contributed by atoms with Gasteiger partial charge in [-0.15, -0.1) is 0 Å². The standard InChI is InChI=1S/C6H12.6C3H4O2.2Sn/c1-3-5-6-4-2;6*1-2-3(4)5;;/h3-4H,5-6H2,1-2H3;6*2H,1H2,(H,4,5);;/q;;;;;;;2*+3/p-6. The molecule has 0 aromatic rings. The van der Waals surface area contributed by atoms with Crippen LogP contribution in [0.2, 0.25) is 7.87 Å². The molecule has 0 fully saturated rings. The molecule has 0 heterocycles. The average Bonchev–Trinajstić information content (AvgIpc) is 2.90. The molecule has 14 heteroatoms. The normalized spacial score (nSPS) is 12.2. The third-order valence-corrected chi connectivity index (χ3v) is 21.6. The molecule has 0 spiro atoms. The molecule has 0 saturated carbocycles. The Morgan fingerprint density at radius 2 is 0.632 bits per heavy atom. The van der Waals surface area contributed by atoms with E-state index in [1.54, 1.807) is 0 Å². The van der Waals surface area contributed by atoms with Crippen molar-refractivity contribution < 1.29 is 47.2 Å². The number of rotatable bonds is 17. The summed E-state index contributed by atoms with van der Waals surface area (Å²) in [5.74, 6) is -6.07. The van der Waals surface area contributed by atoms with Gasteiger partial charge in [-0.3, -0.25) is 0 Å². The summed E-state index contributed by atoms with van der Waals surface area (Å²) in [6.45, 7) is 22.7. The maximum absolute atomic E-state index is 12.1. The van der Waals surface area contributed by atoms with Crippen molar-refractivity contribution in [2.45, 2.75) is 34.6 Å². The second kappa shape index (κ2) is 16.6. The quantitative estimate of drug-likeness (QED) is 0.159. The molecule has 0 aliphatic rings. The van der Waals surface area contributed by atoms with E-state index in [0.29, 0.717) is 0 Å². The fourth-order valence-electron chi connectivity index (χ4n) is 2.67. The van der Waals surface area contributed by atoms with Gasteiger partial charge in [0.1, 0.15) is 0 Å². The number of carbonyl (C=O) groups is 6. The molecule has 0 saturated heterocycles. The SMILES string of the molecule is C=CC(=O)[O][Sn]([O]C(=O)C=C)([O]C(=O)C=C)[CH](C)CC[CH](C)[Sn]([O]C(=O)C=C)([O]C(=O)C=C)[O]C(=O)C=C. The van der Waals surface area contributed by atoms with Gasteiger partial charge in [0.2, 0.25) is 0 Å². The summed E-state index contributed by atoms with van der Waals surface area (Å²) in [4.78, 5) is 72.7. The van der Waals surface area contributed by atoms with Gasteiger partial charge in [-0.25, -0.2) is 0 Å². The van der Waals surface area contributed by atoms with E-state index in [2.05, 4.69) is 39.5 Å². The Kier molecular flexibility index (Phi) is 15.3. The van der Waals surface area contributed by atoms with E-state index in [0.717, 1.165) is 36.5 Å².